The van der Waals surface area contributed by atoms with Crippen LogP contribution in [0.3, 0.4) is 0 Å². The van der Waals surface area contributed by atoms with E-state index in [0.29, 0.717) is 25.2 Å². The lowest BCUT2D eigenvalue weighted by Crippen LogP contribution is -2.30. The normalized spacial score (nSPS) is 14.9. The maximum atomic E-state index is 12.3. The summed E-state index contributed by atoms with van der Waals surface area (Å²) in [4.78, 5) is 26.0. The van der Waals surface area contributed by atoms with E-state index in [1.165, 1.54) is 0 Å². The Kier molecular flexibility index (Phi) is 7.83. The SMILES string of the molecule is CCN(CC)C(=O)c1ccc(CNC(=O)CCS(=O)(=O)C2CCCC2)cc1. The van der Waals surface area contributed by atoms with E-state index >= 15 is 0 Å². The first-order valence-corrected chi connectivity index (χ1v) is 11.5. The first kappa shape index (κ1) is 21.4. The molecule has 0 heterocycles. The van der Waals surface area contributed by atoms with Crippen LogP contribution >= 0.6 is 0 Å². The second-order valence-electron chi connectivity index (χ2n) is 6.97. The standard InChI is InChI=1S/C20H30N2O4S/c1-3-22(4-2)20(24)17-11-9-16(10-12-17)15-21-19(23)13-14-27(25,26)18-7-5-6-8-18/h9-12,18H,3-8,13-15H2,1-2H3,(H,21,23). The topological polar surface area (TPSA) is 83.6 Å². The van der Waals surface area contributed by atoms with Crippen molar-refractivity contribution in [2.45, 2.75) is 57.7 Å². The van der Waals surface area contributed by atoms with Gasteiger partial charge in [-0.25, -0.2) is 8.42 Å². The second-order valence-corrected chi connectivity index (χ2v) is 9.38. The number of sulfone groups is 1. The number of carbonyl (C=O) groups excluding carboxylic acids is 2. The number of amides is 2. The van der Waals surface area contributed by atoms with Gasteiger partial charge in [-0.2, -0.15) is 0 Å². The molecule has 0 radical (unpaired) electrons. The predicted molar refractivity (Wildman–Crippen MR) is 106 cm³/mol. The molecule has 0 unspecified atom stereocenters. The quantitative estimate of drug-likeness (QED) is 0.698. The van der Waals surface area contributed by atoms with Crippen molar-refractivity contribution in [3.63, 3.8) is 0 Å². The molecular weight excluding hydrogens is 364 g/mol. The van der Waals surface area contributed by atoms with E-state index < -0.39 is 9.84 Å². The molecule has 0 saturated heterocycles. The minimum Gasteiger partial charge on any atom is -0.352 e. The molecule has 1 fully saturated rings. The number of carbonyl (C=O) groups is 2. The third-order valence-corrected chi connectivity index (χ3v) is 7.43. The van der Waals surface area contributed by atoms with Crippen molar-refractivity contribution in [3.8, 4) is 0 Å². The summed E-state index contributed by atoms with van der Waals surface area (Å²) in [7, 11) is -3.17. The zero-order valence-electron chi connectivity index (χ0n) is 16.2. The lowest BCUT2D eigenvalue weighted by atomic mass is 10.1. The van der Waals surface area contributed by atoms with Crippen LogP contribution < -0.4 is 5.32 Å². The molecule has 2 amide bonds. The number of rotatable bonds is 9. The van der Waals surface area contributed by atoms with Crippen molar-refractivity contribution in [3.05, 3.63) is 35.4 Å². The van der Waals surface area contributed by atoms with Crippen molar-refractivity contribution < 1.29 is 18.0 Å². The third kappa shape index (κ3) is 6.06. The molecule has 7 heteroatoms. The van der Waals surface area contributed by atoms with Crippen LogP contribution in [0.15, 0.2) is 24.3 Å². The molecule has 1 aliphatic carbocycles. The number of nitrogens with zero attached hydrogens (tertiary/aromatic N) is 1. The zero-order chi connectivity index (χ0) is 19.9. The highest BCUT2D eigenvalue weighted by atomic mass is 32.2. The van der Waals surface area contributed by atoms with E-state index in [1.807, 2.05) is 26.0 Å². The summed E-state index contributed by atoms with van der Waals surface area (Å²) in [6.07, 6.45) is 3.37. The van der Waals surface area contributed by atoms with E-state index in [-0.39, 0.29) is 29.2 Å². The minimum absolute atomic E-state index is 0.00262. The van der Waals surface area contributed by atoms with Crippen LogP contribution in [0.2, 0.25) is 0 Å². The van der Waals surface area contributed by atoms with Gasteiger partial charge in [0.15, 0.2) is 9.84 Å². The van der Waals surface area contributed by atoms with Crippen molar-refractivity contribution in [2.75, 3.05) is 18.8 Å². The Bertz CT molecular complexity index is 734. The monoisotopic (exact) mass is 394 g/mol. The molecule has 0 aromatic heterocycles. The largest absolute Gasteiger partial charge is 0.352 e. The molecular formula is C20H30N2O4S. The van der Waals surface area contributed by atoms with Crippen LogP contribution in [0, 0.1) is 0 Å². The van der Waals surface area contributed by atoms with Crippen LogP contribution in [-0.2, 0) is 21.2 Å². The molecule has 150 valence electrons. The highest BCUT2D eigenvalue weighted by Gasteiger charge is 2.28. The van der Waals surface area contributed by atoms with Gasteiger partial charge in [0.2, 0.25) is 5.91 Å². The van der Waals surface area contributed by atoms with Gasteiger partial charge in [0, 0.05) is 31.6 Å². The molecule has 1 aromatic carbocycles. The lowest BCUT2D eigenvalue weighted by molar-refractivity contribution is -0.120. The van der Waals surface area contributed by atoms with Gasteiger partial charge in [0.25, 0.3) is 5.91 Å². The van der Waals surface area contributed by atoms with E-state index in [2.05, 4.69) is 5.32 Å². The van der Waals surface area contributed by atoms with Gasteiger partial charge < -0.3 is 10.2 Å². The fourth-order valence-electron chi connectivity index (χ4n) is 3.40. The van der Waals surface area contributed by atoms with Crippen molar-refractivity contribution >= 4 is 21.7 Å². The van der Waals surface area contributed by atoms with Crippen molar-refractivity contribution in [2.24, 2.45) is 0 Å². The van der Waals surface area contributed by atoms with Crippen LogP contribution in [-0.4, -0.2) is 49.2 Å². The number of benzene rings is 1. The fraction of sp³-hybridized carbons (Fsp3) is 0.600. The average molecular weight is 395 g/mol. The first-order valence-electron chi connectivity index (χ1n) is 9.73. The Morgan fingerprint density at radius 1 is 1.07 bits per heavy atom. The van der Waals surface area contributed by atoms with Crippen LogP contribution in [0.5, 0.6) is 0 Å². The summed E-state index contributed by atoms with van der Waals surface area (Å²) in [5, 5.41) is 2.49. The fourth-order valence-corrected chi connectivity index (χ4v) is 5.25. The van der Waals surface area contributed by atoms with Gasteiger partial charge in [-0.05, 0) is 44.4 Å². The van der Waals surface area contributed by atoms with Gasteiger partial charge in [-0.3, -0.25) is 9.59 Å². The van der Waals surface area contributed by atoms with Gasteiger partial charge >= 0.3 is 0 Å². The van der Waals surface area contributed by atoms with Gasteiger partial charge in [0.05, 0.1) is 11.0 Å². The van der Waals surface area contributed by atoms with E-state index in [9.17, 15) is 18.0 Å². The molecule has 0 spiro atoms. The molecule has 0 aliphatic heterocycles. The first-order chi connectivity index (χ1) is 12.9. The van der Waals surface area contributed by atoms with Gasteiger partial charge in [-0.15, -0.1) is 0 Å². The molecule has 0 atom stereocenters. The molecule has 0 bridgehead atoms. The molecule has 1 N–H and O–H groups in total. The number of hydrogen-bond acceptors (Lipinski definition) is 4. The Morgan fingerprint density at radius 2 is 1.67 bits per heavy atom. The average Bonchev–Trinajstić information content (AvgIpc) is 3.22. The highest BCUT2D eigenvalue weighted by Crippen LogP contribution is 2.25. The molecule has 27 heavy (non-hydrogen) atoms. The summed E-state index contributed by atoms with van der Waals surface area (Å²) in [5.74, 6) is -0.353. The van der Waals surface area contributed by atoms with E-state index in [0.717, 1.165) is 31.2 Å². The maximum absolute atomic E-state index is 12.3. The predicted octanol–water partition coefficient (Wildman–Crippen LogP) is 2.53. The Morgan fingerprint density at radius 3 is 2.22 bits per heavy atom. The van der Waals surface area contributed by atoms with E-state index in [4.69, 9.17) is 0 Å². The van der Waals surface area contributed by atoms with Crippen LogP contribution in [0.4, 0.5) is 0 Å². The highest BCUT2D eigenvalue weighted by molar-refractivity contribution is 7.92. The van der Waals surface area contributed by atoms with Crippen molar-refractivity contribution in [1.82, 2.24) is 10.2 Å². The maximum Gasteiger partial charge on any atom is 0.253 e. The summed E-state index contributed by atoms with van der Waals surface area (Å²) in [5.41, 5.74) is 1.49. The Hall–Kier alpha value is -1.89. The minimum atomic E-state index is -3.17. The van der Waals surface area contributed by atoms with Crippen LogP contribution in [0.1, 0.15) is 61.9 Å². The van der Waals surface area contributed by atoms with Crippen LogP contribution in [0.25, 0.3) is 0 Å². The molecule has 1 saturated carbocycles. The van der Waals surface area contributed by atoms with Crippen molar-refractivity contribution in [1.29, 1.82) is 0 Å². The molecule has 6 nitrogen and oxygen atoms in total. The Balaban J connectivity index is 1.80. The zero-order valence-corrected chi connectivity index (χ0v) is 17.1. The Labute approximate surface area is 162 Å². The second kappa shape index (κ2) is 9.88. The van der Waals surface area contributed by atoms with E-state index in [1.54, 1.807) is 17.0 Å². The number of nitrogens with one attached hydrogen (secondary N) is 1. The third-order valence-electron chi connectivity index (χ3n) is 5.16. The van der Waals surface area contributed by atoms with Gasteiger partial charge in [0.1, 0.15) is 0 Å². The summed E-state index contributed by atoms with van der Waals surface area (Å²) < 4.78 is 24.4. The van der Waals surface area contributed by atoms with Gasteiger partial charge in [-0.1, -0.05) is 25.0 Å². The summed E-state index contributed by atoms with van der Waals surface area (Å²) in [6.45, 7) is 5.53. The smallest absolute Gasteiger partial charge is 0.253 e. The number of hydrogen-bond donors (Lipinski definition) is 1. The summed E-state index contributed by atoms with van der Waals surface area (Å²) in [6, 6.07) is 7.14. The summed E-state index contributed by atoms with van der Waals surface area (Å²) >= 11 is 0. The molecule has 1 aromatic rings. The molecule has 2 rings (SSSR count). The molecule has 1 aliphatic rings. The lowest BCUT2D eigenvalue weighted by Gasteiger charge is -2.18.